The summed E-state index contributed by atoms with van der Waals surface area (Å²) in [5.41, 5.74) is 1.96. The number of carbonyl (C=O) groups excluding carboxylic acids is 2. The molecule has 3 aromatic rings. The Kier molecular flexibility index (Phi) is 8.30. The number of alkyl halides is 2. The van der Waals surface area contributed by atoms with Gasteiger partial charge in [-0.3, -0.25) is 9.78 Å². The number of carbonyl (C=O) groups is 2. The highest BCUT2D eigenvalue weighted by Gasteiger charge is 2.40. The lowest BCUT2D eigenvalue weighted by Crippen LogP contribution is -2.56. The molecule has 0 bridgehead atoms. The third-order valence-corrected chi connectivity index (χ3v) is 7.90. The first kappa shape index (κ1) is 29.6. The van der Waals surface area contributed by atoms with Crippen molar-refractivity contribution in [3.63, 3.8) is 0 Å². The van der Waals surface area contributed by atoms with Crippen LogP contribution in [0.2, 0.25) is 0 Å². The zero-order valence-corrected chi connectivity index (χ0v) is 24.6. The van der Waals surface area contributed by atoms with E-state index in [0.717, 1.165) is 27.6 Å². The van der Waals surface area contributed by atoms with Gasteiger partial charge in [0.25, 0.3) is 0 Å². The van der Waals surface area contributed by atoms with Gasteiger partial charge in [-0.1, -0.05) is 24.3 Å². The Labute approximate surface area is 244 Å². The summed E-state index contributed by atoms with van der Waals surface area (Å²) >= 11 is 0. The number of aromatic nitrogens is 3. The van der Waals surface area contributed by atoms with E-state index in [9.17, 15) is 18.4 Å². The van der Waals surface area contributed by atoms with Gasteiger partial charge in [0, 0.05) is 79.7 Å². The van der Waals surface area contributed by atoms with Crippen LogP contribution in [-0.4, -0.2) is 69.3 Å². The minimum Gasteiger partial charge on any atom is -0.444 e. The van der Waals surface area contributed by atoms with Crippen molar-refractivity contribution in [1.82, 2.24) is 25.4 Å². The highest BCUT2D eigenvalue weighted by Crippen LogP contribution is 2.38. The van der Waals surface area contributed by atoms with Gasteiger partial charge >= 0.3 is 6.09 Å². The standard InChI is InChI=1S/C31H38F2N6O3/c1-20-19-38(15-16-39(20)28(40)23-9-12-31(32,33)13-10-23)27-25-18-34-14-11-24(25)26(36-37-27)22-7-5-21(6-8-22)17-35-29(41)42-30(2,3)4/h5-8,11,14,18,20,23H,9-10,12-13,15-17,19H2,1-4H3,(H,35,41)/t20-/m0/s1. The summed E-state index contributed by atoms with van der Waals surface area (Å²) in [5.74, 6) is -2.30. The smallest absolute Gasteiger partial charge is 0.407 e. The van der Waals surface area contributed by atoms with Crippen LogP contribution in [0.4, 0.5) is 19.4 Å². The van der Waals surface area contributed by atoms with Crippen LogP contribution in [0.15, 0.2) is 42.7 Å². The quantitative estimate of drug-likeness (QED) is 0.421. The van der Waals surface area contributed by atoms with Gasteiger partial charge in [-0.05, 0) is 52.2 Å². The highest BCUT2D eigenvalue weighted by atomic mass is 19.3. The third kappa shape index (κ3) is 6.77. The van der Waals surface area contributed by atoms with E-state index in [-0.39, 0.29) is 43.6 Å². The highest BCUT2D eigenvalue weighted by molar-refractivity contribution is 5.99. The van der Waals surface area contributed by atoms with Gasteiger partial charge in [-0.2, -0.15) is 0 Å². The lowest BCUT2D eigenvalue weighted by molar-refractivity contribution is -0.142. The van der Waals surface area contributed by atoms with Crippen molar-refractivity contribution < 1.29 is 23.1 Å². The number of ether oxygens (including phenoxy) is 1. The van der Waals surface area contributed by atoms with Crippen molar-refractivity contribution in [2.45, 2.75) is 77.5 Å². The maximum absolute atomic E-state index is 13.6. The largest absolute Gasteiger partial charge is 0.444 e. The Bertz CT molecular complexity index is 1430. The molecule has 0 radical (unpaired) electrons. The first-order chi connectivity index (χ1) is 19.9. The number of fused-ring (bicyclic) bond motifs is 1. The Balaban J connectivity index is 1.28. The van der Waals surface area contributed by atoms with E-state index in [0.29, 0.717) is 32.0 Å². The van der Waals surface area contributed by atoms with Crippen LogP contribution in [0.25, 0.3) is 22.0 Å². The molecule has 0 spiro atoms. The molecule has 224 valence electrons. The molecule has 1 aliphatic carbocycles. The molecule has 1 aliphatic heterocycles. The van der Waals surface area contributed by atoms with Crippen molar-refractivity contribution in [2.24, 2.45) is 5.92 Å². The summed E-state index contributed by atoms with van der Waals surface area (Å²) in [5, 5.41) is 13.7. The van der Waals surface area contributed by atoms with Gasteiger partial charge in [-0.15, -0.1) is 10.2 Å². The number of benzene rings is 1. The number of amides is 2. The van der Waals surface area contributed by atoms with Crippen LogP contribution >= 0.6 is 0 Å². The molecule has 1 atom stereocenters. The number of alkyl carbamates (subject to hydrolysis) is 1. The van der Waals surface area contributed by atoms with Gasteiger partial charge in [0.05, 0.1) is 0 Å². The summed E-state index contributed by atoms with van der Waals surface area (Å²) in [6.45, 7) is 9.41. The fraction of sp³-hybridized carbons (Fsp3) is 0.516. The van der Waals surface area contributed by atoms with Crippen LogP contribution in [0, 0.1) is 5.92 Å². The van der Waals surface area contributed by atoms with Gasteiger partial charge in [0.2, 0.25) is 11.8 Å². The minimum absolute atomic E-state index is 0.0182. The maximum atomic E-state index is 13.6. The molecule has 2 aromatic heterocycles. The van der Waals surface area contributed by atoms with E-state index >= 15 is 0 Å². The number of piperazine rings is 1. The zero-order valence-electron chi connectivity index (χ0n) is 24.6. The molecule has 42 heavy (non-hydrogen) atoms. The molecule has 5 rings (SSSR count). The Morgan fingerprint density at radius 3 is 2.43 bits per heavy atom. The first-order valence-corrected chi connectivity index (χ1v) is 14.5. The molecule has 9 nitrogen and oxygen atoms in total. The average molecular weight is 581 g/mol. The Morgan fingerprint density at radius 1 is 1.05 bits per heavy atom. The summed E-state index contributed by atoms with van der Waals surface area (Å²) in [6, 6.07) is 9.58. The fourth-order valence-corrected chi connectivity index (χ4v) is 5.70. The average Bonchev–Trinajstić information content (AvgIpc) is 2.94. The molecule has 1 saturated carbocycles. The molecular formula is C31H38F2N6O3. The Morgan fingerprint density at radius 2 is 1.76 bits per heavy atom. The van der Waals surface area contributed by atoms with Crippen LogP contribution in [0.3, 0.4) is 0 Å². The molecule has 11 heteroatoms. The molecule has 1 aromatic carbocycles. The lowest BCUT2D eigenvalue weighted by atomic mass is 9.85. The number of halogens is 2. The van der Waals surface area contributed by atoms with Crippen molar-refractivity contribution in [3.05, 3.63) is 48.3 Å². The third-order valence-electron chi connectivity index (χ3n) is 7.90. The normalized spacial score (nSPS) is 19.5. The molecule has 1 saturated heterocycles. The van der Waals surface area contributed by atoms with Crippen LogP contribution in [0.5, 0.6) is 0 Å². The number of nitrogens with zero attached hydrogens (tertiary/aromatic N) is 5. The van der Waals surface area contributed by atoms with E-state index < -0.39 is 17.6 Å². The van der Waals surface area contributed by atoms with Crippen molar-refractivity contribution in [1.29, 1.82) is 0 Å². The Hall–Kier alpha value is -3.89. The lowest BCUT2D eigenvalue weighted by Gasteiger charge is -2.42. The van der Waals surface area contributed by atoms with Gasteiger partial charge in [0.1, 0.15) is 11.3 Å². The second-order valence-corrected chi connectivity index (χ2v) is 12.3. The molecular weight excluding hydrogens is 542 g/mol. The summed E-state index contributed by atoms with van der Waals surface area (Å²) in [7, 11) is 0. The first-order valence-electron chi connectivity index (χ1n) is 14.5. The number of anilines is 1. The number of hydrogen-bond acceptors (Lipinski definition) is 7. The summed E-state index contributed by atoms with van der Waals surface area (Å²) < 4.78 is 32.5. The van der Waals surface area contributed by atoms with Crippen molar-refractivity contribution in [2.75, 3.05) is 24.5 Å². The van der Waals surface area contributed by atoms with Crippen molar-refractivity contribution in [3.8, 4) is 11.3 Å². The second kappa shape index (κ2) is 11.8. The predicted octanol–water partition coefficient (Wildman–Crippen LogP) is 5.58. The van der Waals surface area contributed by atoms with E-state index in [1.165, 1.54) is 0 Å². The monoisotopic (exact) mass is 580 g/mol. The predicted molar refractivity (Wildman–Crippen MR) is 156 cm³/mol. The second-order valence-electron chi connectivity index (χ2n) is 12.3. The molecule has 2 fully saturated rings. The topological polar surface area (TPSA) is 101 Å². The summed E-state index contributed by atoms with van der Waals surface area (Å²) in [4.78, 5) is 33.5. The minimum atomic E-state index is -2.65. The van der Waals surface area contributed by atoms with Crippen LogP contribution in [0.1, 0.15) is 58.9 Å². The van der Waals surface area contributed by atoms with Crippen molar-refractivity contribution >= 4 is 28.6 Å². The van der Waals surface area contributed by atoms with E-state index in [2.05, 4.69) is 25.4 Å². The van der Waals surface area contributed by atoms with E-state index in [1.807, 2.05) is 62.9 Å². The van der Waals surface area contributed by atoms with E-state index in [4.69, 9.17) is 4.74 Å². The number of pyridine rings is 1. The number of hydrogen-bond donors (Lipinski definition) is 1. The molecule has 2 amide bonds. The number of rotatable bonds is 5. The maximum Gasteiger partial charge on any atom is 0.407 e. The molecule has 3 heterocycles. The van der Waals surface area contributed by atoms with Gasteiger partial charge < -0.3 is 19.9 Å². The van der Waals surface area contributed by atoms with Gasteiger partial charge in [0.15, 0.2) is 5.82 Å². The SMILES string of the molecule is C[C@H]1CN(c2nnc(-c3ccc(CNC(=O)OC(C)(C)C)cc3)c3ccncc23)CCN1C(=O)C1CCC(F)(F)CC1. The summed E-state index contributed by atoms with van der Waals surface area (Å²) in [6.07, 6.45) is 3.08. The zero-order chi connectivity index (χ0) is 30.1. The van der Waals surface area contributed by atoms with E-state index in [1.54, 1.807) is 12.4 Å². The van der Waals surface area contributed by atoms with Crippen LogP contribution in [-0.2, 0) is 16.1 Å². The molecule has 1 N–H and O–H groups in total. The molecule has 0 unspecified atom stereocenters. The molecule has 2 aliphatic rings. The fourth-order valence-electron chi connectivity index (χ4n) is 5.70. The number of nitrogens with one attached hydrogen (secondary N) is 1. The van der Waals surface area contributed by atoms with Gasteiger partial charge in [-0.25, -0.2) is 13.6 Å². The van der Waals surface area contributed by atoms with Crippen LogP contribution < -0.4 is 10.2 Å².